The Labute approximate surface area is 70.6 Å². The Morgan fingerprint density at radius 2 is 1.75 bits per heavy atom. The lowest BCUT2D eigenvalue weighted by atomic mass is 10.1. The number of rotatable bonds is 0. The summed E-state index contributed by atoms with van der Waals surface area (Å²) in [6.07, 6.45) is 0. The fraction of sp³-hybridized carbons (Fsp3) is 0. The predicted molar refractivity (Wildman–Crippen MR) is 48.4 cm³/mol. The summed E-state index contributed by atoms with van der Waals surface area (Å²) < 4.78 is 13.3. The van der Waals surface area contributed by atoms with Crippen molar-refractivity contribution in [2.24, 2.45) is 0 Å². The second-order valence-corrected chi connectivity index (χ2v) is 2.76. The normalized spacial score (nSPS) is 10.5. The van der Waals surface area contributed by atoms with Gasteiger partial charge in [-0.1, -0.05) is 36.4 Å². The summed E-state index contributed by atoms with van der Waals surface area (Å²) in [6.45, 7) is 3.60. The highest BCUT2D eigenvalue weighted by molar-refractivity contribution is 5.83. The Bertz CT molecular complexity index is 418. The zero-order chi connectivity index (χ0) is 8.55. The van der Waals surface area contributed by atoms with E-state index in [1.165, 1.54) is 0 Å². The number of fused-ring (bicyclic) bond motifs is 1. The molecule has 0 saturated heterocycles. The van der Waals surface area contributed by atoms with Crippen molar-refractivity contribution in [3.63, 3.8) is 0 Å². The number of benzene rings is 2. The summed E-state index contributed by atoms with van der Waals surface area (Å²) in [4.78, 5) is 0. The molecule has 1 radical (unpaired) electrons. The van der Waals surface area contributed by atoms with Crippen LogP contribution >= 0.6 is 0 Å². The fourth-order valence-electron chi connectivity index (χ4n) is 1.28. The summed E-state index contributed by atoms with van der Waals surface area (Å²) in [5.41, 5.74) is 0.453. The molecule has 0 unspecified atom stereocenters. The monoisotopic (exact) mass is 159 g/mol. The van der Waals surface area contributed by atoms with E-state index in [1.807, 2.05) is 24.3 Å². The molecule has 0 amide bonds. The summed E-state index contributed by atoms with van der Waals surface area (Å²) in [5.74, 6) is -0.215. The van der Waals surface area contributed by atoms with Crippen LogP contribution in [0, 0.1) is 12.7 Å². The fourth-order valence-corrected chi connectivity index (χ4v) is 1.28. The molecule has 0 heterocycles. The SMILES string of the molecule is [CH2]c1ccc2ccccc2c1F. The zero-order valence-corrected chi connectivity index (χ0v) is 6.55. The first kappa shape index (κ1) is 7.29. The van der Waals surface area contributed by atoms with Crippen molar-refractivity contribution >= 4 is 10.8 Å². The third-order valence-corrected chi connectivity index (χ3v) is 1.94. The largest absolute Gasteiger partial charge is 0.206 e. The maximum atomic E-state index is 13.3. The molecule has 0 fully saturated rings. The van der Waals surface area contributed by atoms with E-state index in [9.17, 15) is 4.39 Å². The van der Waals surface area contributed by atoms with Gasteiger partial charge in [0.1, 0.15) is 5.82 Å². The molecule has 0 saturated carbocycles. The quantitative estimate of drug-likeness (QED) is 0.554. The summed E-state index contributed by atoms with van der Waals surface area (Å²) in [5, 5.41) is 1.56. The van der Waals surface area contributed by atoms with Gasteiger partial charge in [0.25, 0.3) is 0 Å². The van der Waals surface area contributed by atoms with Crippen LogP contribution in [0.1, 0.15) is 5.56 Å². The molecule has 0 aliphatic rings. The number of hydrogen-bond donors (Lipinski definition) is 0. The van der Waals surface area contributed by atoms with Crippen molar-refractivity contribution in [3.8, 4) is 0 Å². The van der Waals surface area contributed by atoms with E-state index in [0.717, 1.165) is 5.39 Å². The van der Waals surface area contributed by atoms with Crippen LogP contribution in [-0.4, -0.2) is 0 Å². The van der Waals surface area contributed by atoms with E-state index in [1.54, 1.807) is 12.1 Å². The first-order valence-corrected chi connectivity index (χ1v) is 3.78. The van der Waals surface area contributed by atoms with Crippen molar-refractivity contribution < 1.29 is 4.39 Å². The van der Waals surface area contributed by atoms with E-state index < -0.39 is 0 Å². The molecular formula is C11H8F. The molecule has 0 aliphatic carbocycles. The lowest BCUT2D eigenvalue weighted by Gasteiger charge is -2.00. The third-order valence-electron chi connectivity index (χ3n) is 1.94. The van der Waals surface area contributed by atoms with Crippen LogP contribution in [0.3, 0.4) is 0 Å². The van der Waals surface area contributed by atoms with Crippen LogP contribution < -0.4 is 0 Å². The lowest BCUT2D eigenvalue weighted by Crippen LogP contribution is -1.83. The minimum absolute atomic E-state index is 0.215. The first-order valence-electron chi connectivity index (χ1n) is 3.78. The Hall–Kier alpha value is -1.37. The Morgan fingerprint density at radius 3 is 2.58 bits per heavy atom. The van der Waals surface area contributed by atoms with Gasteiger partial charge in [0, 0.05) is 5.39 Å². The molecule has 1 heteroatoms. The molecule has 12 heavy (non-hydrogen) atoms. The standard InChI is InChI=1S/C11H8F/c1-8-6-7-9-4-2-3-5-10(9)11(8)12/h2-7H,1H2. The summed E-state index contributed by atoms with van der Waals surface area (Å²) >= 11 is 0. The van der Waals surface area contributed by atoms with Gasteiger partial charge in [-0.2, -0.15) is 0 Å². The number of halogens is 1. The van der Waals surface area contributed by atoms with E-state index in [4.69, 9.17) is 0 Å². The highest BCUT2D eigenvalue weighted by Gasteiger charge is 2.01. The Morgan fingerprint density at radius 1 is 1.00 bits per heavy atom. The van der Waals surface area contributed by atoms with Crippen molar-refractivity contribution in [1.82, 2.24) is 0 Å². The van der Waals surface area contributed by atoms with Crippen molar-refractivity contribution in [3.05, 3.63) is 54.7 Å². The second kappa shape index (κ2) is 2.59. The minimum atomic E-state index is -0.215. The molecule has 2 aromatic carbocycles. The highest BCUT2D eigenvalue weighted by atomic mass is 19.1. The minimum Gasteiger partial charge on any atom is -0.206 e. The Balaban J connectivity index is 2.91. The molecule has 0 aliphatic heterocycles. The van der Waals surface area contributed by atoms with Crippen LogP contribution in [-0.2, 0) is 0 Å². The zero-order valence-electron chi connectivity index (χ0n) is 6.55. The van der Waals surface area contributed by atoms with Gasteiger partial charge in [0.15, 0.2) is 0 Å². The molecular weight excluding hydrogens is 151 g/mol. The smallest absolute Gasteiger partial charge is 0.134 e. The van der Waals surface area contributed by atoms with Gasteiger partial charge in [-0.3, -0.25) is 0 Å². The predicted octanol–water partition coefficient (Wildman–Crippen LogP) is 3.16. The van der Waals surface area contributed by atoms with Gasteiger partial charge < -0.3 is 0 Å². The molecule has 0 bridgehead atoms. The van der Waals surface area contributed by atoms with Crippen molar-refractivity contribution in [2.45, 2.75) is 0 Å². The summed E-state index contributed by atoms with van der Waals surface area (Å²) in [7, 11) is 0. The molecule has 2 rings (SSSR count). The van der Waals surface area contributed by atoms with Gasteiger partial charge in [-0.15, -0.1) is 0 Å². The molecule has 0 spiro atoms. The average molecular weight is 159 g/mol. The van der Waals surface area contributed by atoms with E-state index in [2.05, 4.69) is 6.92 Å². The molecule has 0 nitrogen and oxygen atoms in total. The van der Waals surface area contributed by atoms with Gasteiger partial charge >= 0.3 is 0 Å². The maximum Gasteiger partial charge on any atom is 0.134 e. The van der Waals surface area contributed by atoms with Gasteiger partial charge in [0.2, 0.25) is 0 Å². The summed E-state index contributed by atoms with van der Waals surface area (Å²) in [6, 6.07) is 10.9. The van der Waals surface area contributed by atoms with E-state index in [0.29, 0.717) is 10.9 Å². The Kier molecular flexibility index (Phi) is 1.58. The lowest BCUT2D eigenvalue weighted by molar-refractivity contribution is 0.635. The first-order chi connectivity index (χ1) is 5.79. The topological polar surface area (TPSA) is 0 Å². The van der Waals surface area contributed by atoms with Crippen LogP contribution in [0.25, 0.3) is 10.8 Å². The average Bonchev–Trinajstić information content (AvgIpc) is 2.12. The van der Waals surface area contributed by atoms with Gasteiger partial charge in [-0.05, 0) is 17.9 Å². The second-order valence-electron chi connectivity index (χ2n) is 2.76. The van der Waals surface area contributed by atoms with Crippen molar-refractivity contribution in [1.29, 1.82) is 0 Å². The van der Waals surface area contributed by atoms with Crippen LogP contribution in [0.2, 0.25) is 0 Å². The van der Waals surface area contributed by atoms with Crippen LogP contribution in [0.15, 0.2) is 36.4 Å². The van der Waals surface area contributed by atoms with E-state index in [-0.39, 0.29) is 5.82 Å². The van der Waals surface area contributed by atoms with Crippen LogP contribution in [0.5, 0.6) is 0 Å². The van der Waals surface area contributed by atoms with Crippen molar-refractivity contribution in [2.75, 3.05) is 0 Å². The maximum absolute atomic E-state index is 13.3. The highest BCUT2D eigenvalue weighted by Crippen LogP contribution is 2.19. The molecule has 2 aromatic rings. The third kappa shape index (κ3) is 0.981. The number of hydrogen-bond acceptors (Lipinski definition) is 0. The molecule has 0 N–H and O–H groups in total. The molecule has 0 aromatic heterocycles. The van der Waals surface area contributed by atoms with Crippen LogP contribution in [0.4, 0.5) is 4.39 Å². The van der Waals surface area contributed by atoms with E-state index >= 15 is 0 Å². The molecule has 0 atom stereocenters. The molecule has 59 valence electrons. The van der Waals surface area contributed by atoms with Gasteiger partial charge in [-0.25, -0.2) is 4.39 Å². The van der Waals surface area contributed by atoms with Gasteiger partial charge in [0.05, 0.1) is 0 Å².